The van der Waals surface area contributed by atoms with Gasteiger partial charge in [-0.3, -0.25) is 0 Å². The summed E-state index contributed by atoms with van der Waals surface area (Å²) in [5.74, 6) is 0.969. The van der Waals surface area contributed by atoms with Gasteiger partial charge in [0.1, 0.15) is 16.4 Å². The molecule has 1 heterocycles. The molecule has 0 spiro atoms. The second kappa shape index (κ2) is 5.98. The number of furan rings is 1. The summed E-state index contributed by atoms with van der Waals surface area (Å²) in [6, 6.07) is 8.02. The number of hydrogen-bond acceptors (Lipinski definition) is 5. The number of hydrogen-bond donors (Lipinski definition) is 2. The zero-order valence-corrected chi connectivity index (χ0v) is 11.8. The van der Waals surface area contributed by atoms with Crippen molar-refractivity contribution in [1.82, 2.24) is 4.72 Å². The Bertz CT molecular complexity index is 666. The molecule has 0 saturated heterocycles. The van der Waals surface area contributed by atoms with E-state index in [1.54, 1.807) is 24.5 Å². The minimum atomic E-state index is -3.68. The van der Waals surface area contributed by atoms with Crippen molar-refractivity contribution in [3.05, 3.63) is 42.4 Å². The van der Waals surface area contributed by atoms with E-state index in [1.807, 2.05) is 0 Å². The molecule has 3 N–H and O–H groups in total. The number of nitrogen functional groups attached to an aromatic ring is 1. The first-order chi connectivity index (χ1) is 9.53. The first-order valence-corrected chi connectivity index (χ1v) is 7.47. The van der Waals surface area contributed by atoms with E-state index >= 15 is 0 Å². The van der Waals surface area contributed by atoms with Crippen molar-refractivity contribution in [1.29, 1.82) is 0 Å². The van der Waals surface area contributed by atoms with Gasteiger partial charge in [-0.15, -0.1) is 0 Å². The van der Waals surface area contributed by atoms with E-state index in [4.69, 9.17) is 14.9 Å². The Balaban J connectivity index is 2.11. The van der Waals surface area contributed by atoms with Gasteiger partial charge in [0.25, 0.3) is 0 Å². The minimum absolute atomic E-state index is 0.0273. The SMILES string of the molecule is COc1ccc(N)cc1S(=O)(=O)NCCc1ccco1. The van der Waals surface area contributed by atoms with E-state index in [0.717, 1.165) is 0 Å². The predicted molar refractivity (Wildman–Crippen MR) is 75.0 cm³/mol. The molecule has 0 bridgehead atoms. The van der Waals surface area contributed by atoms with Gasteiger partial charge < -0.3 is 14.9 Å². The van der Waals surface area contributed by atoms with Crippen LogP contribution in [0, 0.1) is 0 Å². The highest BCUT2D eigenvalue weighted by Crippen LogP contribution is 2.25. The lowest BCUT2D eigenvalue weighted by atomic mass is 10.3. The maximum absolute atomic E-state index is 12.2. The molecule has 108 valence electrons. The third-order valence-electron chi connectivity index (χ3n) is 2.72. The standard InChI is InChI=1S/C13H16N2O4S/c1-18-12-5-4-10(14)9-13(12)20(16,17)15-7-6-11-3-2-8-19-11/h2-5,8-9,15H,6-7,14H2,1H3. The Morgan fingerprint density at radius 2 is 2.15 bits per heavy atom. The van der Waals surface area contributed by atoms with Crippen LogP contribution >= 0.6 is 0 Å². The van der Waals surface area contributed by atoms with Crippen molar-refractivity contribution in [3.63, 3.8) is 0 Å². The molecule has 0 amide bonds. The van der Waals surface area contributed by atoms with Gasteiger partial charge in [-0.2, -0.15) is 0 Å². The van der Waals surface area contributed by atoms with Crippen LogP contribution in [0.25, 0.3) is 0 Å². The molecule has 2 aromatic rings. The third-order valence-corrected chi connectivity index (χ3v) is 4.20. The van der Waals surface area contributed by atoms with Gasteiger partial charge in [0.2, 0.25) is 10.0 Å². The average molecular weight is 296 g/mol. The molecule has 0 aliphatic heterocycles. The van der Waals surface area contributed by atoms with E-state index in [9.17, 15) is 8.42 Å². The first-order valence-electron chi connectivity index (χ1n) is 5.98. The molecular weight excluding hydrogens is 280 g/mol. The molecule has 0 aliphatic rings. The number of nitrogens with two attached hydrogens (primary N) is 1. The summed E-state index contributed by atoms with van der Waals surface area (Å²) in [7, 11) is -2.27. The average Bonchev–Trinajstić information content (AvgIpc) is 2.91. The largest absolute Gasteiger partial charge is 0.495 e. The Hall–Kier alpha value is -1.99. The van der Waals surface area contributed by atoms with Crippen LogP contribution in [0.4, 0.5) is 5.69 Å². The summed E-state index contributed by atoms with van der Waals surface area (Å²) in [6.45, 7) is 0.230. The van der Waals surface area contributed by atoms with Crippen molar-refractivity contribution in [2.75, 3.05) is 19.4 Å². The van der Waals surface area contributed by atoms with Crippen molar-refractivity contribution >= 4 is 15.7 Å². The molecule has 20 heavy (non-hydrogen) atoms. The Morgan fingerprint density at radius 1 is 1.35 bits per heavy atom. The molecule has 0 fully saturated rings. The molecule has 0 atom stereocenters. The van der Waals surface area contributed by atoms with Crippen molar-refractivity contribution in [2.45, 2.75) is 11.3 Å². The number of methoxy groups -OCH3 is 1. The number of nitrogens with one attached hydrogen (secondary N) is 1. The second-order valence-electron chi connectivity index (χ2n) is 4.14. The van der Waals surface area contributed by atoms with Crippen LogP contribution in [-0.4, -0.2) is 22.1 Å². The number of benzene rings is 1. The summed E-state index contributed by atoms with van der Waals surface area (Å²) < 4.78 is 37.1. The highest BCUT2D eigenvalue weighted by molar-refractivity contribution is 7.89. The molecule has 6 nitrogen and oxygen atoms in total. The van der Waals surface area contributed by atoms with Crippen LogP contribution in [0.3, 0.4) is 0 Å². The quantitative estimate of drug-likeness (QED) is 0.786. The van der Waals surface area contributed by atoms with Gasteiger partial charge in [-0.05, 0) is 30.3 Å². The van der Waals surface area contributed by atoms with Gasteiger partial charge >= 0.3 is 0 Å². The fourth-order valence-electron chi connectivity index (χ4n) is 1.74. The number of ether oxygens (including phenoxy) is 1. The predicted octanol–water partition coefficient (Wildman–Crippen LogP) is 1.39. The fraction of sp³-hybridized carbons (Fsp3) is 0.231. The second-order valence-corrected chi connectivity index (χ2v) is 5.87. The van der Waals surface area contributed by atoms with Crippen LogP contribution in [0.1, 0.15) is 5.76 Å². The lowest BCUT2D eigenvalue weighted by Crippen LogP contribution is -2.26. The van der Waals surface area contributed by atoms with Crippen LogP contribution in [0.5, 0.6) is 5.75 Å². The van der Waals surface area contributed by atoms with Crippen molar-refractivity contribution < 1.29 is 17.6 Å². The molecule has 0 unspecified atom stereocenters. The number of sulfonamides is 1. The summed E-state index contributed by atoms with van der Waals surface area (Å²) in [6.07, 6.45) is 2.02. The molecule has 1 aromatic heterocycles. The molecule has 2 rings (SSSR count). The van der Waals surface area contributed by atoms with E-state index in [1.165, 1.54) is 19.2 Å². The highest BCUT2D eigenvalue weighted by Gasteiger charge is 2.19. The highest BCUT2D eigenvalue weighted by atomic mass is 32.2. The molecule has 0 aliphatic carbocycles. The van der Waals surface area contributed by atoms with Crippen LogP contribution in [0.2, 0.25) is 0 Å². The zero-order chi connectivity index (χ0) is 14.6. The summed E-state index contributed by atoms with van der Waals surface area (Å²) in [5.41, 5.74) is 5.98. The van der Waals surface area contributed by atoms with E-state index in [-0.39, 0.29) is 17.2 Å². The van der Waals surface area contributed by atoms with Gasteiger partial charge in [-0.1, -0.05) is 0 Å². The van der Waals surface area contributed by atoms with E-state index in [2.05, 4.69) is 4.72 Å². The first kappa shape index (κ1) is 14.4. The van der Waals surface area contributed by atoms with E-state index < -0.39 is 10.0 Å². The molecular formula is C13H16N2O4S. The monoisotopic (exact) mass is 296 g/mol. The van der Waals surface area contributed by atoms with Crippen molar-refractivity contribution in [3.8, 4) is 5.75 Å². The fourth-order valence-corrected chi connectivity index (χ4v) is 2.98. The molecule has 0 radical (unpaired) electrons. The summed E-state index contributed by atoms with van der Waals surface area (Å²) in [4.78, 5) is 0.0273. The molecule has 7 heteroatoms. The lowest BCUT2D eigenvalue weighted by Gasteiger charge is -2.11. The lowest BCUT2D eigenvalue weighted by molar-refractivity contribution is 0.402. The summed E-state index contributed by atoms with van der Waals surface area (Å²) in [5, 5.41) is 0. The number of rotatable bonds is 6. The van der Waals surface area contributed by atoms with Crippen LogP contribution < -0.4 is 15.2 Å². The summed E-state index contributed by atoms with van der Waals surface area (Å²) >= 11 is 0. The van der Waals surface area contributed by atoms with Gasteiger partial charge in [0, 0.05) is 18.7 Å². The third kappa shape index (κ3) is 3.31. The van der Waals surface area contributed by atoms with Crippen LogP contribution in [-0.2, 0) is 16.4 Å². The topological polar surface area (TPSA) is 94.6 Å². The van der Waals surface area contributed by atoms with E-state index in [0.29, 0.717) is 17.9 Å². The smallest absolute Gasteiger partial charge is 0.244 e. The molecule has 0 saturated carbocycles. The maximum atomic E-state index is 12.2. The van der Waals surface area contributed by atoms with Gasteiger partial charge in [-0.25, -0.2) is 13.1 Å². The maximum Gasteiger partial charge on any atom is 0.244 e. The Morgan fingerprint density at radius 3 is 2.80 bits per heavy atom. The van der Waals surface area contributed by atoms with Crippen molar-refractivity contribution in [2.24, 2.45) is 0 Å². The molecule has 1 aromatic carbocycles. The Kier molecular flexibility index (Phi) is 4.31. The van der Waals surface area contributed by atoms with Crippen LogP contribution in [0.15, 0.2) is 45.9 Å². The van der Waals surface area contributed by atoms with Gasteiger partial charge in [0.15, 0.2) is 0 Å². The zero-order valence-electron chi connectivity index (χ0n) is 11.0. The normalized spacial score (nSPS) is 11.4. The Labute approximate surface area is 117 Å². The number of anilines is 1. The minimum Gasteiger partial charge on any atom is -0.495 e. The van der Waals surface area contributed by atoms with Gasteiger partial charge in [0.05, 0.1) is 13.4 Å².